The monoisotopic (exact) mass is 894 g/mol. The second-order valence-electron chi connectivity index (χ2n) is 19.2. The van der Waals surface area contributed by atoms with Crippen LogP contribution >= 0.6 is 0 Å². The quantitative estimate of drug-likeness (QED) is 0.149. The SMILES string of the molecule is CC1(C)c2cc(N(c3ccccc3)c3ccccc3)ccc2-c2ccc(N(c3ccc4c5ccccc5c5ccccc5c4c3)c3ccc(-c4ccc5oc6ccccc6c5c4)c4ccccc34)cc21. The fourth-order valence-corrected chi connectivity index (χ4v) is 11.7. The second kappa shape index (κ2) is 15.6. The van der Waals surface area contributed by atoms with Gasteiger partial charge in [-0.05, 0) is 156 Å². The van der Waals surface area contributed by atoms with Crippen LogP contribution in [0.1, 0.15) is 25.0 Å². The fraction of sp³-hybridized carbons (Fsp3) is 0.0448. The molecule has 1 aliphatic rings. The van der Waals surface area contributed by atoms with E-state index in [0.717, 1.165) is 61.6 Å². The molecule has 70 heavy (non-hydrogen) atoms. The Morgan fingerprint density at radius 3 is 1.37 bits per heavy atom. The molecule has 0 N–H and O–H groups in total. The third kappa shape index (κ3) is 6.15. The number of furan rings is 1. The van der Waals surface area contributed by atoms with E-state index in [2.05, 4.69) is 254 Å². The van der Waals surface area contributed by atoms with Crippen molar-refractivity contribution in [3.63, 3.8) is 0 Å². The molecule has 0 aliphatic heterocycles. The van der Waals surface area contributed by atoms with E-state index >= 15 is 0 Å². The first-order valence-electron chi connectivity index (χ1n) is 24.2. The Balaban J connectivity index is 0.964. The summed E-state index contributed by atoms with van der Waals surface area (Å²) >= 11 is 0. The molecule has 0 amide bonds. The molecule has 3 heteroatoms. The van der Waals surface area contributed by atoms with Crippen molar-refractivity contribution in [2.24, 2.45) is 0 Å². The summed E-state index contributed by atoms with van der Waals surface area (Å²) in [4.78, 5) is 4.86. The van der Waals surface area contributed by atoms with Crippen LogP contribution in [0.3, 0.4) is 0 Å². The average Bonchev–Trinajstić information content (AvgIpc) is 3.90. The van der Waals surface area contributed by atoms with E-state index in [4.69, 9.17) is 4.42 Å². The molecule has 13 aromatic rings. The van der Waals surface area contributed by atoms with Gasteiger partial charge >= 0.3 is 0 Å². The van der Waals surface area contributed by atoms with Gasteiger partial charge in [-0.15, -0.1) is 0 Å². The van der Waals surface area contributed by atoms with Gasteiger partial charge in [0.25, 0.3) is 0 Å². The molecule has 0 spiro atoms. The molecule has 0 saturated heterocycles. The summed E-state index contributed by atoms with van der Waals surface area (Å²) in [5.41, 5.74) is 15.8. The van der Waals surface area contributed by atoms with Crippen LogP contribution in [0.15, 0.2) is 247 Å². The minimum atomic E-state index is -0.290. The Bertz CT molecular complexity index is 4150. The molecule has 1 aromatic heterocycles. The largest absolute Gasteiger partial charge is 0.456 e. The molecule has 0 radical (unpaired) electrons. The number of hydrogen-bond acceptors (Lipinski definition) is 3. The lowest BCUT2D eigenvalue weighted by Gasteiger charge is -2.30. The first-order valence-corrected chi connectivity index (χ1v) is 24.2. The number of para-hydroxylation sites is 3. The zero-order valence-corrected chi connectivity index (χ0v) is 38.9. The molecule has 0 atom stereocenters. The number of nitrogens with zero attached hydrogens (tertiary/aromatic N) is 2. The smallest absolute Gasteiger partial charge is 0.135 e. The van der Waals surface area contributed by atoms with Crippen LogP contribution in [-0.2, 0) is 5.41 Å². The molecule has 0 bridgehead atoms. The summed E-state index contributed by atoms with van der Waals surface area (Å²) in [7, 11) is 0. The molecule has 14 rings (SSSR count). The first-order chi connectivity index (χ1) is 34.5. The number of benzene rings is 12. The van der Waals surface area contributed by atoms with Crippen molar-refractivity contribution in [1.29, 1.82) is 0 Å². The Labute approximate surface area is 406 Å². The Morgan fingerprint density at radius 1 is 0.286 bits per heavy atom. The predicted molar refractivity (Wildman–Crippen MR) is 296 cm³/mol. The van der Waals surface area contributed by atoms with Crippen LogP contribution in [0.5, 0.6) is 0 Å². The third-order valence-corrected chi connectivity index (χ3v) is 15.0. The summed E-state index contributed by atoms with van der Waals surface area (Å²) in [6.07, 6.45) is 0. The zero-order valence-electron chi connectivity index (χ0n) is 38.9. The standard InChI is InChI=1S/C67H46N2O/c1-67(2)62-41-47(68(44-17-5-3-6-18-44)45-19-7-4-8-20-45)31-34-56(62)57-35-32-48(42-63(57)67)69(46-30-33-55-53-24-10-9-22-51(53)52-23-11-12-25-54(52)60(55)40-46)64-37-36-49(50-21-13-14-26-58(50)64)43-29-38-66-61(39-43)59-27-15-16-28-65(59)70-66/h3-42H,1-2H3. The number of anilines is 6. The van der Waals surface area contributed by atoms with Crippen LogP contribution in [0, 0.1) is 0 Å². The van der Waals surface area contributed by atoms with Crippen LogP contribution in [0.2, 0.25) is 0 Å². The van der Waals surface area contributed by atoms with Gasteiger partial charge in [-0.1, -0.05) is 172 Å². The van der Waals surface area contributed by atoms with Gasteiger partial charge in [0, 0.05) is 50.0 Å². The van der Waals surface area contributed by atoms with E-state index in [9.17, 15) is 0 Å². The molecule has 0 unspecified atom stereocenters. The van der Waals surface area contributed by atoms with Crippen LogP contribution < -0.4 is 9.80 Å². The van der Waals surface area contributed by atoms with E-state index in [1.807, 2.05) is 12.1 Å². The van der Waals surface area contributed by atoms with Gasteiger partial charge in [0.15, 0.2) is 0 Å². The van der Waals surface area contributed by atoms with Crippen LogP contribution in [0.4, 0.5) is 34.1 Å². The highest BCUT2D eigenvalue weighted by Crippen LogP contribution is 2.53. The maximum absolute atomic E-state index is 6.27. The Kier molecular flexibility index (Phi) is 8.93. The fourth-order valence-electron chi connectivity index (χ4n) is 11.7. The molecule has 1 heterocycles. The maximum Gasteiger partial charge on any atom is 0.135 e. The third-order valence-electron chi connectivity index (χ3n) is 15.0. The summed E-state index contributed by atoms with van der Waals surface area (Å²) in [5, 5.41) is 12.2. The van der Waals surface area contributed by atoms with E-state index in [0.29, 0.717) is 0 Å². The topological polar surface area (TPSA) is 19.6 Å². The van der Waals surface area contributed by atoms with Crippen LogP contribution in [-0.4, -0.2) is 0 Å². The van der Waals surface area contributed by atoms with Gasteiger partial charge in [0.2, 0.25) is 0 Å². The lowest BCUT2D eigenvalue weighted by molar-refractivity contribution is 0.660. The molecule has 12 aromatic carbocycles. The summed E-state index contributed by atoms with van der Waals surface area (Å²) in [6, 6.07) is 88.9. The van der Waals surface area contributed by atoms with E-state index in [1.165, 1.54) is 70.9 Å². The molecule has 1 aliphatic carbocycles. The second-order valence-corrected chi connectivity index (χ2v) is 19.2. The average molecular weight is 895 g/mol. The number of hydrogen-bond donors (Lipinski definition) is 0. The number of rotatable bonds is 7. The highest BCUT2D eigenvalue weighted by Gasteiger charge is 2.37. The van der Waals surface area contributed by atoms with E-state index in [1.54, 1.807) is 0 Å². The van der Waals surface area contributed by atoms with Gasteiger partial charge in [0.05, 0.1) is 5.69 Å². The highest BCUT2D eigenvalue weighted by molar-refractivity contribution is 6.26. The molecule has 0 saturated carbocycles. The first kappa shape index (κ1) is 40.2. The Morgan fingerprint density at radius 2 is 0.743 bits per heavy atom. The number of fused-ring (bicyclic) bond motifs is 13. The molecular weight excluding hydrogens is 849 g/mol. The minimum absolute atomic E-state index is 0.290. The normalized spacial score (nSPS) is 12.8. The lowest BCUT2D eigenvalue weighted by atomic mass is 9.82. The van der Waals surface area contributed by atoms with Gasteiger partial charge in [-0.2, -0.15) is 0 Å². The van der Waals surface area contributed by atoms with Gasteiger partial charge in [0.1, 0.15) is 11.2 Å². The molecular formula is C67H46N2O. The van der Waals surface area contributed by atoms with Crippen molar-refractivity contribution in [3.05, 3.63) is 254 Å². The van der Waals surface area contributed by atoms with Gasteiger partial charge in [-0.25, -0.2) is 0 Å². The predicted octanol–water partition coefficient (Wildman–Crippen LogP) is 19.1. The van der Waals surface area contributed by atoms with Gasteiger partial charge < -0.3 is 14.2 Å². The van der Waals surface area contributed by atoms with Crippen LogP contribution in [0.25, 0.3) is 87.3 Å². The Hall–Kier alpha value is -8.92. The summed E-state index contributed by atoms with van der Waals surface area (Å²) in [5.74, 6) is 0. The lowest BCUT2D eigenvalue weighted by Crippen LogP contribution is -2.17. The van der Waals surface area contributed by atoms with E-state index in [-0.39, 0.29) is 5.41 Å². The van der Waals surface area contributed by atoms with E-state index < -0.39 is 0 Å². The van der Waals surface area contributed by atoms with Crippen molar-refractivity contribution in [3.8, 4) is 22.3 Å². The molecule has 3 nitrogen and oxygen atoms in total. The highest BCUT2D eigenvalue weighted by atomic mass is 16.3. The maximum atomic E-state index is 6.27. The van der Waals surface area contributed by atoms with Crippen molar-refractivity contribution >= 4 is 99.2 Å². The summed E-state index contributed by atoms with van der Waals surface area (Å²) in [6.45, 7) is 4.78. The van der Waals surface area contributed by atoms with Gasteiger partial charge in [-0.3, -0.25) is 0 Å². The molecule has 0 fully saturated rings. The molecule has 330 valence electrons. The zero-order chi connectivity index (χ0) is 46.5. The summed E-state index contributed by atoms with van der Waals surface area (Å²) < 4.78 is 6.27. The van der Waals surface area contributed by atoms with Crippen molar-refractivity contribution < 1.29 is 4.42 Å². The van der Waals surface area contributed by atoms with Crippen molar-refractivity contribution in [2.75, 3.05) is 9.80 Å². The minimum Gasteiger partial charge on any atom is -0.456 e. The van der Waals surface area contributed by atoms with Crippen molar-refractivity contribution in [2.45, 2.75) is 19.3 Å². The van der Waals surface area contributed by atoms with Crippen molar-refractivity contribution in [1.82, 2.24) is 0 Å².